The normalized spacial score (nSPS) is 29.7. The Bertz CT molecular complexity index is 510. The zero-order chi connectivity index (χ0) is 13.5. The zero-order valence-corrected chi connectivity index (χ0v) is 11.3. The maximum absolute atomic E-state index is 12.5. The molecule has 19 heavy (non-hydrogen) atoms. The molecule has 0 aromatic heterocycles. The maximum atomic E-state index is 12.5. The number of cyclic esters (lactones) is 1. The lowest BCUT2D eigenvalue weighted by Gasteiger charge is -2.32. The van der Waals surface area contributed by atoms with Crippen LogP contribution in [0.15, 0.2) is 42.5 Å². The summed E-state index contributed by atoms with van der Waals surface area (Å²) in [7, 11) is 0. The largest absolute Gasteiger partial charge is 0.431 e. The molecule has 1 aliphatic carbocycles. The summed E-state index contributed by atoms with van der Waals surface area (Å²) in [6.45, 7) is 3.58. The summed E-state index contributed by atoms with van der Waals surface area (Å²) < 4.78 is 11.5. The standard InChI is InChI=1S/C16H18O3/c1-15(2)18-14(17)16(19-15,13-10-6-7-11-13)12-8-4-3-5-9-12/h3-9,13H,10-11H2,1-2H3. The van der Waals surface area contributed by atoms with Crippen molar-refractivity contribution in [2.24, 2.45) is 5.92 Å². The van der Waals surface area contributed by atoms with Gasteiger partial charge in [0.15, 0.2) is 5.60 Å². The van der Waals surface area contributed by atoms with Gasteiger partial charge in [0, 0.05) is 19.8 Å². The van der Waals surface area contributed by atoms with Crippen LogP contribution in [0.25, 0.3) is 0 Å². The van der Waals surface area contributed by atoms with Crippen molar-refractivity contribution in [3.05, 3.63) is 48.0 Å². The van der Waals surface area contributed by atoms with E-state index in [4.69, 9.17) is 9.47 Å². The van der Waals surface area contributed by atoms with Gasteiger partial charge in [-0.15, -0.1) is 0 Å². The molecular formula is C16H18O3. The van der Waals surface area contributed by atoms with Gasteiger partial charge in [-0.05, 0) is 18.4 Å². The highest BCUT2D eigenvalue weighted by Crippen LogP contribution is 2.48. The lowest BCUT2D eigenvalue weighted by molar-refractivity contribution is -0.176. The average Bonchev–Trinajstić information content (AvgIpc) is 2.97. The van der Waals surface area contributed by atoms with Crippen molar-refractivity contribution >= 4 is 5.97 Å². The monoisotopic (exact) mass is 258 g/mol. The van der Waals surface area contributed by atoms with Gasteiger partial charge in [-0.25, -0.2) is 4.79 Å². The Morgan fingerprint density at radius 3 is 2.26 bits per heavy atom. The molecule has 0 amide bonds. The molecule has 0 spiro atoms. The molecule has 2 aliphatic rings. The Labute approximate surface area is 113 Å². The van der Waals surface area contributed by atoms with Crippen LogP contribution in [0.1, 0.15) is 32.3 Å². The second kappa shape index (κ2) is 4.20. The second-order valence-corrected chi connectivity index (χ2v) is 5.63. The van der Waals surface area contributed by atoms with Crippen molar-refractivity contribution < 1.29 is 14.3 Å². The van der Waals surface area contributed by atoms with E-state index in [9.17, 15) is 4.79 Å². The van der Waals surface area contributed by atoms with Gasteiger partial charge >= 0.3 is 5.97 Å². The van der Waals surface area contributed by atoms with Crippen LogP contribution >= 0.6 is 0 Å². The number of allylic oxidation sites excluding steroid dienone is 2. The second-order valence-electron chi connectivity index (χ2n) is 5.63. The predicted octanol–water partition coefficient (Wildman–Crippen LogP) is 3.16. The first-order valence-electron chi connectivity index (χ1n) is 6.69. The Morgan fingerprint density at radius 2 is 1.74 bits per heavy atom. The first kappa shape index (κ1) is 12.4. The molecule has 3 nitrogen and oxygen atoms in total. The average molecular weight is 258 g/mol. The number of ether oxygens (including phenoxy) is 2. The smallest absolute Gasteiger partial charge is 0.346 e. The summed E-state index contributed by atoms with van der Waals surface area (Å²) in [5.41, 5.74) is -0.0758. The molecule has 0 saturated carbocycles. The number of esters is 1. The van der Waals surface area contributed by atoms with Crippen molar-refractivity contribution in [1.82, 2.24) is 0 Å². The maximum Gasteiger partial charge on any atom is 0.346 e. The molecule has 1 saturated heterocycles. The molecule has 3 rings (SSSR count). The van der Waals surface area contributed by atoms with Crippen LogP contribution in [0.4, 0.5) is 0 Å². The number of benzene rings is 1. The summed E-state index contributed by atoms with van der Waals surface area (Å²) in [6, 6.07) is 9.69. The number of hydrogen-bond acceptors (Lipinski definition) is 3. The van der Waals surface area contributed by atoms with Gasteiger partial charge in [-0.2, -0.15) is 0 Å². The van der Waals surface area contributed by atoms with Crippen molar-refractivity contribution in [2.75, 3.05) is 0 Å². The Kier molecular flexibility index (Phi) is 2.75. The minimum atomic E-state index is -0.964. The van der Waals surface area contributed by atoms with Crippen molar-refractivity contribution in [3.63, 3.8) is 0 Å². The lowest BCUT2D eigenvalue weighted by Crippen LogP contribution is -2.41. The fourth-order valence-corrected chi connectivity index (χ4v) is 3.05. The number of rotatable bonds is 2. The quantitative estimate of drug-likeness (QED) is 0.604. The molecule has 0 radical (unpaired) electrons. The van der Waals surface area contributed by atoms with Gasteiger partial charge < -0.3 is 9.47 Å². The van der Waals surface area contributed by atoms with Crippen molar-refractivity contribution in [1.29, 1.82) is 0 Å². The first-order chi connectivity index (χ1) is 9.05. The highest BCUT2D eigenvalue weighted by Gasteiger charge is 2.59. The molecular weight excluding hydrogens is 240 g/mol. The van der Waals surface area contributed by atoms with E-state index < -0.39 is 11.4 Å². The molecule has 1 atom stereocenters. The van der Waals surface area contributed by atoms with Crippen LogP contribution in [-0.4, -0.2) is 11.8 Å². The van der Waals surface area contributed by atoms with Crippen LogP contribution in [0, 0.1) is 5.92 Å². The fourth-order valence-electron chi connectivity index (χ4n) is 3.05. The summed E-state index contributed by atoms with van der Waals surface area (Å²) in [6.07, 6.45) is 5.91. The highest BCUT2D eigenvalue weighted by atomic mass is 16.8. The van der Waals surface area contributed by atoms with Gasteiger partial charge in [-0.3, -0.25) is 0 Å². The topological polar surface area (TPSA) is 35.5 Å². The number of hydrogen-bond donors (Lipinski definition) is 0. The summed E-state index contributed by atoms with van der Waals surface area (Å²) in [4.78, 5) is 12.5. The van der Waals surface area contributed by atoms with E-state index in [-0.39, 0.29) is 11.9 Å². The van der Waals surface area contributed by atoms with Crippen LogP contribution in [0.5, 0.6) is 0 Å². The van der Waals surface area contributed by atoms with Crippen LogP contribution in [0.3, 0.4) is 0 Å². The minimum absolute atomic E-state index is 0.115. The van der Waals surface area contributed by atoms with Gasteiger partial charge in [0.2, 0.25) is 5.79 Å². The van der Waals surface area contributed by atoms with E-state index in [2.05, 4.69) is 12.2 Å². The van der Waals surface area contributed by atoms with E-state index in [0.717, 1.165) is 18.4 Å². The number of carbonyl (C=O) groups is 1. The number of carbonyl (C=O) groups excluding carboxylic acids is 1. The van der Waals surface area contributed by atoms with Crippen LogP contribution in [-0.2, 0) is 19.9 Å². The van der Waals surface area contributed by atoms with E-state index >= 15 is 0 Å². The molecule has 100 valence electrons. The van der Waals surface area contributed by atoms with E-state index in [1.165, 1.54) is 0 Å². The molecule has 1 aliphatic heterocycles. The fraction of sp³-hybridized carbons (Fsp3) is 0.438. The Balaban J connectivity index is 2.09. The third kappa shape index (κ3) is 1.89. The zero-order valence-electron chi connectivity index (χ0n) is 11.3. The summed E-state index contributed by atoms with van der Waals surface area (Å²) in [5.74, 6) is -1.02. The van der Waals surface area contributed by atoms with E-state index in [0.29, 0.717) is 0 Å². The molecule has 1 unspecified atom stereocenters. The minimum Gasteiger partial charge on any atom is -0.431 e. The van der Waals surface area contributed by atoms with Crippen molar-refractivity contribution in [3.8, 4) is 0 Å². The Hall–Kier alpha value is -1.61. The van der Waals surface area contributed by atoms with E-state index in [1.54, 1.807) is 13.8 Å². The van der Waals surface area contributed by atoms with Crippen LogP contribution < -0.4 is 0 Å². The molecule has 0 bridgehead atoms. The summed E-state index contributed by atoms with van der Waals surface area (Å²) in [5, 5.41) is 0. The molecule has 1 fully saturated rings. The third-order valence-corrected chi connectivity index (χ3v) is 3.83. The molecule has 0 N–H and O–H groups in total. The van der Waals surface area contributed by atoms with Gasteiger partial charge in [0.1, 0.15) is 0 Å². The molecule has 1 heterocycles. The van der Waals surface area contributed by atoms with Gasteiger partial charge in [-0.1, -0.05) is 42.5 Å². The van der Waals surface area contributed by atoms with Crippen molar-refractivity contribution in [2.45, 2.75) is 38.1 Å². The van der Waals surface area contributed by atoms with Crippen LogP contribution in [0.2, 0.25) is 0 Å². The van der Waals surface area contributed by atoms with Gasteiger partial charge in [0.05, 0.1) is 0 Å². The highest BCUT2D eigenvalue weighted by molar-refractivity contribution is 5.84. The molecule has 1 aromatic rings. The Morgan fingerprint density at radius 1 is 1.11 bits per heavy atom. The third-order valence-electron chi connectivity index (χ3n) is 3.83. The summed E-state index contributed by atoms with van der Waals surface area (Å²) >= 11 is 0. The molecule has 3 heteroatoms. The van der Waals surface area contributed by atoms with Gasteiger partial charge in [0.25, 0.3) is 0 Å². The predicted molar refractivity (Wildman–Crippen MR) is 71.2 cm³/mol. The lowest BCUT2D eigenvalue weighted by atomic mass is 9.79. The first-order valence-corrected chi connectivity index (χ1v) is 6.69. The SMILES string of the molecule is CC1(C)OC(=O)C(c2ccccc2)(C2CC=CC2)O1. The van der Waals surface area contributed by atoms with E-state index in [1.807, 2.05) is 30.3 Å². The molecule has 1 aromatic carbocycles.